The van der Waals surface area contributed by atoms with Crippen LogP contribution in [0.5, 0.6) is 0 Å². The summed E-state index contributed by atoms with van der Waals surface area (Å²) in [6.07, 6.45) is 0.370. The summed E-state index contributed by atoms with van der Waals surface area (Å²) in [6, 6.07) is 13.6. The van der Waals surface area contributed by atoms with E-state index in [0.717, 1.165) is 5.56 Å². The summed E-state index contributed by atoms with van der Waals surface area (Å²) in [6.45, 7) is 2.63. The quantitative estimate of drug-likeness (QED) is 0.843. The van der Waals surface area contributed by atoms with E-state index in [4.69, 9.17) is 11.6 Å². The first kappa shape index (κ1) is 17.4. The highest BCUT2D eigenvalue weighted by Crippen LogP contribution is 2.19. The molecule has 122 valence electrons. The zero-order valence-electron chi connectivity index (χ0n) is 13.2. The molecule has 0 saturated carbocycles. The molecule has 2 aromatic rings. The topological polar surface area (TPSA) is 32.3 Å². The van der Waals surface area contributed by atoms with Crippen molar-refractivity contribution in [1.82, 2.24) is 4.90 Å². The maximum absolute atomic E-state index is 13.0. The van der Waals surface area contributed by atoms with Crippen molar-refractivity contribution in [3.05, 3.63) is 64.9 Å². The molecule has 2 rings (SSSR count). The summed E-state index contributed by atoms with van der Waals surface area (Å²) in [5.41, 5.74) is 1.71. The largest absolute Gasteiger partial charge is 0.326 e. The van der Waals surface area contributed by atoms with Gasteiger partial charge in [0.15, 0.2) is 0 Å². The maximum atomic E-state index is 13.0. The zero-order valence-corrected chi connectivity index (χ0v) is 14.0. The van der Waals surface area contributed by atoms with E-state index >= 15 is 0 Å². The highest BCUT2D eigenvalue weighted by atomic mass is 35.5. The molecule has 3 nitrogen and oxygen atoms in total. The lowest BCUT2D eigenvalue weighted by Crippen LogP contribution is -2.27. The number of amides is 1. The van der Waals surface area contributed by atoms with E-state index in [1.165, 1.54) is 12.1 Å². The standard InChI is InChI=1S/C18H20ClFN2O/c1-13(14-6-8-16(20)9-7-14)22(2)11-10-18(23)21-17-5-3-4-15(19)12-17/h3-9,12-13H,10-11H2,1-2H3,(H,21,23)/t13-/m0/s1. The predicted molar refractivity (Wildman–Crippen MR) is 92.1 cm³/mol. The smallest absolute Gasteiger partial charge is 0.225 e. The first-order valence-electron chi connectivity index (χ1n) is 7.47. The Kier molecular flexibility index (Phi) is 6.13. The number of rotatable bonds is 6. The van der Waals surface area contributed by atoms with Crippen molar-refractivity contribution in [3.63, 3.8) is 0 Å². The van der Waals surface area contributed by atoms with Gasteiger partial charge in [-0.2, -0.15) is 0 Å². The highest BCUT2D eigenvalue weighted by molar-refractivity contribution is 6.30. The molecule has 0 aliphatic rings. The van der Waals surface area contributed by atoms with E-state index in [1.54, 1.807) is 36.4 Å². The second-order valence-corrected chi connectivity index (χ2v) is 5.95. The number of carbonyl (C=O) groups is 1. The number of nitrogens with zero attached hydrogens (tertiary/aromatic N) is 1. The summed E-state index contributed by atoms with van der Waals surface area (Å²) >= 11 is 5.89. The van der Waals surface area contributed by atoms with E-state index in [1.807, 2.05) is 14.0 Å². The number of hydrogen-bond acceptors (Lipinski definition) is 2. The van der Waals surface area contributed by atoms with Crippen LogP contribution in [0, 0.1) is 5.82 Å². The molecule has 23 heavy (non-hydrogen) atoms. The van der Waals surface area contributed by atoms with E-state index < -0.39 is 0 Å². The summed E-state index contributed by atoms with van der Waals surface area (Å²) in [7, 11) is 1.95. The maximum Gasteiger partial charge on any atom is 0.225 e. The molecule has 0 aliphatic heterocycles. The number of anilines is 1. The van der Waals surface area contributed by atoms with E-state index in [-0.39, 0.29) is 17.8 Å². The third-order valence-corrected chi connectivity index (χ3v) is 4.05. The van der Waals surface area contributed by atoms with Crippen LogP contribution in [0.25, 0.3) is 0 Å². The minimum Gasteiger partial charge on any atom is -0.326 e. The Bertz CT molecular complexity index is 660. The minimum absolute atomic E-state index is 0.0644. The lowest BCUT2D eigenvalue weighted by atomic mass is 10.1. The summed E-state index contributed by atoms with van der Waals surface area (Å²) < 4.78 is 13.0. The van der Waals surface area contributed by atoms with Crippen LogP contribution in [-0.4, -0.2) is 24.4 Å². The van der Waals surface area contributed by atoms with Crippen molar-refractivity contribution in [1.29, 1.82) is 0 Å². The fraction of sp³-hybridized carbons (Fsp3) is 0.278. The second kappa shape index (κ2) is 8.09. The highest BCUT2D eigenvalue weighted by Gasteiger charge is 2.13. The molecule has 0 spiro atoms. The first-order valence-corrected chi connectivity index (χ1v) is 7.84. The average molecular weight is 335 g/mol. The Morgan fingerprint density at radius 1 is 1.26 bits per heavy atom. The lowest BCUT2D eigenvalue weighted by Gasteiger charge is -2.24. The van der Waals surface area contributed by atoms with Crippen LogP contribution in [-0.2, 0) is 4.79 Å². The van der Waals surface area contributed by atoms with Gasteiger partial charge in [-0.1, -0.05) is 29.8 Å². The van der Waals surface area contributed by atoms with Gasteiger partial charge in [0.2, 0.25) is 5.91 Å². The molecule has 0 aliphatic carbocycles. The van der Waals surface area contributed by atoms with Gasteiger partial charge in [0, 0.05) is 29.7 Å². The number of nitrogens with one attached hydrogen (secondary N) is 1. The number of halogens is 2. The van der Waals surface area contributed by atoms with Gasteiger partial charge in [0.1, 0.15) is 5.82 Å². The molecule has 1 amide bonds. The second-order valence-electron chi connectivity index (χ2n) is 5.52. The van der Waals surface area contributed by atoms with Crippen LogP contribution in [0.3, 0.4) is 0 Å². The number of benzene rings is 2. The van der Waals surface area contributed by atoms with Gasteiger partial charge < -0.3 is 5.32 Å². The molecule has 1 N–H and O–H groups in total. The predicted octanol–water partition coefficient (Wildman–Crippen LogP) is 4.50. The van der Waals surface area contributed by atoms with Crippen molar-refractivity contribution < 1.29 is 9.18 Å². The molecule has 0 fully saturated rings. The molecule has 0 saturated heterocycles. The Labute approximate surface area is 141 Å². The molecular formula is C18H20ClFN2O. The van der Waals surface area contributed by atoms with Crippen LogP contribution in [0.1, 0.15) is 24.9 Å². The van der Waals surface area contributed by atoms with Crippen LogP contribution in [0.15, 0.2) is 48.5 Å². The molecular weight excluding hydrogens is 315 g/mol. The molecule has 0 aromatic heterocycles. The van der Waals surface area contributed by atoms with Crippen LogP contribution >= 0.6 is 11.6 Å². The molecule has 0 heterocycles. The molecule has 0 radical (unpaired) electrons. The molecule has 0 bridgehead atoms. The van der Waals surface area contributed by atoms with Crippen molar-refractivity contribution in [2.75, 3.05) is 18.9 Å². The van der Waals surface area contributed by atoms with Gasteiger partial charge in [-0.15, -0.1) is 0 Å². The van der Waals surface area contributed by atoms with Crippen molar-refractivity contribution in [2.45, 2.75) is 19.4 Å². The number of carbonyl (C=O) groups excluding carboxylic acids is 1. The summed E-state index contributed by atoms with van der Waals surface area (Å²) in [4.78, 5) is 14.1. The fourth-order valence-corrected chi connectivity index (χ4v) is 2.45. The third-order valence-electron chi connectivity index (χ3n) is 3.81. The van der Waals surface area contributed by atoms with Gasteiger partial charge in [-0.05, 0) is 49.9 Å². The van der Waals surface area contributed by atoms with Crippen molar-refractivity contribution in [3.8, 4) is 0 Å². The molecule has 5 heteroatoms. The monoisotopic (exact) mass is 334 g/mol. The molecule has 1 atom stereocenters. The normalized spacial score (nSPS) is 12.2. The Morgan fingerprint density at radius 3 is 2.61 bits per heavy atom. The van der Waals surface area contributed by atoms with E-state index in [0.29, 0.717) is 23.7 Å². The number of hydrogen-bond donors (Lipinski definition) is 1. The Balaban J connectivity index is 1.84. The van der Waals surface area contributed by atoms with Crippen molar-refractivity contribution >= 4 is 23.2 Å². The summed E-state index contributed by atoms with van der Waals surface area (Å²) in [5.74, 6) is -0.310. The minimum atomic E-state index is -0.246. The lowest BCUT2D eigenvalue weighted by molar-refractivity contribution is -0.116. The van der Waals surface area contributed by atoms with Crippen LogP contribution in [0.4, 0.5) is 10.1 Å². The van der Waals surface area contributed by atoms with Crippen LogP contribution < -0.4 is 5.32 Å². The Hall–Kier alpha value is -1.91. The van der Waals surface area contributed by atoms with Gasteiger partial charge in [0.05, 0.1) is 0 Å². The van der Waals surface area contributed by atoms with Crippen LogP contribution in [0.2, 0.25) is 5.02 Å². The molecule has 0 unspecified atom stereocenters. The SMILES string of the molecule is C[C@@H](c1ccc(F)cc1)N(C)CCC(=O)Nc1cccc(Cl)c1. The van der Waals surface area contributed by atoms with Crippen molar-refractivity contribution in [2.24, 2.45) is 0 Å². The van der Waals surface area contributed by atoms with Gasteiger partial charge in [0.25, 0.3) is 0 Å². The third kappa shape index (κ3) is 5.34. The summed E-state index contributed by atoms with van der Waals surface area (Å²) in [5, 5.41) is 3.41. The van der Waals surface area contributed by atoms with Gasteiger partial charge in [-0.25, -0.2) is 4.39 Å². The van der Waals surface area contributed by atoms with Gasteiger partial charge in [-0.3, -0.25) is 9.69 Å². The molecule has 2 aromatic carbocycles. The zero-order chi connectivity index (χ0) is 16.8. The fourth-order valence-electron chi connectivity index (χ4n) is 2.26. The van der Waals surface area contributed by atoms with E-state index in [9.17, 15) is 9.18 Å². The van der Waals surface area contributed by atoms with E-state index in [2.05, 4.69) is 10.2 Å². The Morgan fingerprint density at radius 2 is 1.96 bits per heavy atom. The van der Waals surface area contributed by atoms with Gasteiger partial charge >= 0.3 is 0 Å². The first-order chi connectivity index (χ1) is 11.0. The average Bonchev–Trinajstić information content (AvgIpc) is 2.52.